The molecule has 2 atom stereocenters. The third kappa shape index (κ3) is 5.95. The van der Waals surface area contributed by atoms with E-state index in [2.05, 4.69) is 9.97 Å². The molecule has 2 fully saturated rings. The van der Waals surface area contributed by atoms with Crippen LogP contribution in [0.15, 0.2) is 96.4 Å². The number of carbonyl (C=O) groups excluding carboxylic acids is 1. The first-order valence-electron chi connectivity index (χ1n) is 14.7. The zero-order valence-electron chi connectivity index (χ0n) is 24.1. The van der Waals surface area contributed by atoms with E-state index >= 15 is 0 Å². The van der Waals surface area contributed by atoms with Gasteiger partial charge in [0.25, 0.3) is 15.9 Å². The Balaban J connectivity index is 1.34. The lowest BCUT2D eigenvalue weighted by Gasteiger charge is -2.40. The van der Waals surface area contributed by atoms with Crippen LogP contribution in [0, 0.1) is 0 Å². The third-order valence-electron chi connectivity index (χ3n) is 8.37. The number of imidazole rings is 1. The number of hydrogen-bond donors (Lipinski definition) is 1. The van der Waals surface area contributed by atoms with Crippen molar-refractivity contribution < 1.29 is 23.1 Å². The van der Waals surface area contributed by atoms with Crippen molar-refractivity contribution >= 4 is 22.0 Å². The van der Waals surface area contributed by atoms with E-state index in [-0.39, 0.29) is 54.9 Å². The predicted molar refractivity (Wildman–Crippen MR) is 163 cm³/mol. The summed E-state index contributed by atoms with van der Waals surface area (Å²) in [6.45, 7) is 1.24. The quantitative estimate of drug-likeness (QED) is 0.333. The van der Waals surface area contributed by atoms with Crippen LogP contribution in [0.3, 0.4) is 0 Å². The number of benzene rings is 2. The summed E-state index contributed by atoms with van der Waals surface area (Å²) in [6, 6.07) is 23.4. The number of piperazine rings is 1. The van der Waals surface area contributed by atoms with E-state index in [9.17, 15) is 23.1 Å². The highest BCUT2D eigenvalue weighted by atomic mass is 32.2. The minimum atomic E-state index is -3.80. The van der Waals surface area contributed by atoms with Gasteiger partial charge in [0, 0.05) is 50.5 Å². The predicted octanol–water partition coefficient (Wildman–Crippen LogP) is 4.02. The van der Waals surface area contributed by atoms with Gasteiger partial charge in [-0.05, 0) is 37.0 Å². The zero-order valence-corrected chi connectivity index (χ0v) is 25.0. The van der Waals surface area contributed by atoms with E-state index in [4.69, 9.17) is 0 Å². The highest BCUT2D eigenvalue weighted by Crippen LogP contribution is 2.33. The molecule has 2 aromatic heterocycles. The Bertz CT molecular complexity index is 1720. The van der Waals surface area contributed by atoms with Crippen molar-refractivity contribution in [1.82, 2.24) is 28.6 Å². The van der Waals surface area contributed by atoms with Gasteiger partial charge in [-0.15, -0.1) is 0 Å². The zero-order chi connectivity index (χ0) is 30.7. The first kappa shape index (κ1) is 29.5. The number of pyridine rings is 1. The van der Waals surface area contributed by atoms with Gasteiger partial charge >= 0.3 is 6.09 Å². The topological polar surface area (TPSA) is 129 Å². The minimum Gasteiger partial charge on any atom is -0.465 e. The lowest BCUT2D eigenvalue weighted by molar-refractivity contribution is 0.0447. The Morgan fingerprint density at radius 2 is 1.59 bits per heavy atom. The molecule has 1 N–H and O–H groups in total. The van der Waals surface area contributed by atoms with E-state index in [1.807, 2.05) is 65.2 Å². The smallest absolute Gasteiger partial charge is 0.407 e. The van der Waals surface area contributed by atoms with Gasteiger partial charge in [0.2, 0.25) is 0 Å². The number of carbonyl (C=O) groups is 2. The van der Waals surface area contributed by atoms with Crippen LogP contribution in [0.1, 0.15) is 34.9 Å². The monoisotopic (exact) mass is 614 g/mol. The Hall–Kier alpha value is -4.55. The van der Waals surface area contributed by atoms with Crippen molar-refractivity contribution in [2.24, 2.45) is 0 Å². The molecule has 12 heteroatoms. The molecule has 4 heterocycles. The molecule has 11 nitrogen and oxygen atoms in total. The Labute approximate surface area is 256 Å². The van der Waals surface area contributed by atoms with Gasteiger partial charge in [0.1, 0.15) is 0 Å². The van der Waals surface area contributed by atoms with Gasteiger partial charge in [-0.25, -0.2) is 23.2 Å². The molecule has 0 bridgehead atoms. The largest absolute Gasteiger partial charge is 0.465 e. The Kier molecular flexibility index (Phi) is 8.45. The van der Waals surface area contributed by atoms with Crippen molar-refractivity contribution in [1.29, 1.82) is 0 Å². The SMILES string of the molecule is O=C(O)N1CCN(C(=O)c2ncn(C3CCCN(S(=O)(=O)c4ccccn4)C3)c2-c2ccccc2)C(Cc2ccccc2)C1. The molecule has 2 aromatic carbocycles. The molecule has 0 spiro atoms. The summed E-state index contributed by atoms with van der Waals surface area (Å²) >= 11 is 0. The molecule has 2 aliphatic heterocycles. The minimum absolute atomic E-state index is 0.00962. The standard InChI is InChI=1S/C32H34N6O5S/c39-31(37-19-18-35(32(40)41)21-27(37)20-24-10-3-1-4-11-24)29-30(25-12-5-2-6-13-25)38(23-34-29)26-14-9-17-36(22-26)44(42,43)28-15-7-8-16-33-28/h1-8,10-13,15-16,23,26-27H,9,14,17-22H2,(H,40,41). The highest BCUT2D eigenvalue weighted by molar-refractivity contribution is 7.89. The lowest BCUT2D eigenvalue weighted by Crippen LogP contribution is -2.57. The second-order valence-electron chi connectivity index (χ2n) is 11.1. The summed E-state index contributed by atoms with van der Waals surface area (Å²) in [6.07, 6.45) is 3.95. The first-order valence-corrected chi connectivity index (χ1v) is 16.1. The van der Waals surface area contributed by atoms with Crippen LogP contribution in [0.5, 0.6) is 0 Å². The first-order chi connectivity index (χ1) is 21.3. The second-order valence-corrected chi connectivity index (χ2v) is 13.0. The summed E-state index contributed by atoms with van der Waals surface area (Å²) in [5.74, 6) is -0.276. The summed E-state index contributed by atoms with van der Waals surface area (Å²) in [4.78, 5) is 38.0. The molecule has 0 aliphatic carbocycles. The molecule has 2 aliphatic rings. The fourth-order valence-electron chi connectivity index (χ4n) is 6.17. The van der Waals surface area contributed by atoms with Crippen LogP contribution in [-0.4, -0.2) is 92.9 Å². The van der Waals surface area contributed by atoms with Gasteiger partial charge in [0.15, 0.2) is 10.7 Å². The van der Waals surface area contributed by atoms with E-state index in [1.165, 1.54) is 21.5 Å². The van der Waals surface area contributed by atoms with Gasteiger partial charge in [-0.2, -0.15) is 4.31 Å². The average molecular weight is 615 g/mol. The van der Waals surface area contributed by atoms with Gasteiger partial charge in [-0.3, -0.25) is 4.79 Å². The second kappa shape index (κ2) is 12.6. The summed E-state index contributed by atoms with van der Waals surface area (Å²) in [7, 11) is -3.80. The van der Waals surface area contributed by atoms with Crippen LogP contribution in [-0.2, 0) is 16.4 Å². The number of sulfonamides is 1. The molecule has 2 amide bonds. The molecule has 2 unspecified atom stereocenters. The number of nitrogens with zero attached hydrogens (tertiary/aromatic N) is 6. The van der Waals surface area contributed by atoms with Crippen molar-refractivity contribution in [3.8, 4) is 11.3 Å². The van der Waals surface area contributed by atoms with Crippen molar-refractivity contribution in [2.45, 2.75) is 36.4 Å². The van der Waals surface area contributed by atoms with E-state index in [1.54, 1.807) is 23.4 Å². The van der Waals surface area contributed by atoms with Crippen molar-refractivity contribution in [2.75, 3.05) is 32.7 Å². The van der Waals surface area contributed by atoms with E-state index in [0.717, 1.165) is 11.1 Å². The number of rotatable bonds is 7. The molecule has 6 rings (SSSR count). The average Bonchev–Trinajstić information content (AvgIpc) is 3.51. The summed E-state index contributed by atoms with van der Waals surface area (Å²) in [5, 5.41) is 9.72. The number of piperidine rings is 1. The molecule has 228 valence electrons. The number of aromatic nitrogens is 3. The fraction of sp³-hybridized carbons (Fsp3) is 0.312. The maximum Gasteiger partial charge on any atom is 0.407 e. The van der Waals surface area contributed by atoms with Gasteiger partial charge in [-0.1, -0.05) is 66.7 Å². The number of carboxylic acid groups (broad SMARTS) is 1. The molecular weight excluding hydrogens is 580 g/mol. The fourth-order valence-corrected chi connectivity index (χ4v) is 7.61. The molecule has 0 saturated carbocycles. The Morgan fingerprint density at radius 1 is 0.864 bits per heavy atom. The molecule has 0 radical (unpaired) electrons. The maximum atomic E-state index is 14.3. The summed E-state index contributed by atoms with van der Waals surface area (Å²) < 4.78 is 30.3. The molecule has 44 heavy (non-hydrogen) atoms. The number of amides is 2. The van der Waals surface area contributed by atoms with E-state index in [0.29, 0.717) is 31.5 Å². The third-order valence-corrected chi connectivity index (χ3v) is 10.1. The molecular formula is C32H34N6O5S. The van der Waals surface area contributed by atoms with Crippen LogP contribution in [0.25, 0.3) is 11.3 Å². The highest BCUT2D eigenvalue weighted by Gasteiger charge is 2.37. The normalized spacial score (nSPS) is 19.5. The molecule has 4 aromatic rings. The summed E-state index contributed by atoms with van der Waals surface area (Å²) in [5.41, 5.74) is 2.69. The van der Waals surface area contributed by atoms with Crippen molar-refractivity contribution in [3.05, 3.63) is 103 Å². The van der Waals surface area contributed by atoms with Crippen LogP contribution < -0.4 is 0 Å². The Morgan fingerprint density at radius 3 is 2.30 bits per heavy atom. The van der Waals surface area contributed by atoms with Crippen LogP contribution >= 0.6 is 0 Å². The van der Waals surface area contributed by atoms with Crippen LogP contribution in [0.2, 0.25) is 0 Å². The number of hydrogen-bond acceptors (Lipinski definition) is 6. The lowest BCUT2D eigenvalue weighted by atomic mass is 10.0. The van der Waals surface area contributed by atoms with Gasteiger partial charge < -0.3 is 19.5 Å². The van der Waals surface area contributed by atoms with Gasteiger partial charge in [0.05, 0.1) is 18.1 Å². The van der Waals surface area contributed by atoms with Crippen LogP contribution in [0.4, 0.5) is 4.79 Å². The maximum absolute atomic E-state index is 14.3. The van der Waals surface area contributed by atoms with E-state index < -0.39 is 16.1 Å². The molecule has 2 saturated heterocycles. The van der Waals surface area contributed by atoms with Crippen molar-refractivity contribution in [3.63, 3.8) is 0 Å².